The standard InChI is InChI=1S/C22H22FNO3S/c1-16-12-13-21(15-22(16)23)28(25,26)24(17(2)18-8-5-4-6-9-18)19-10-7-11-20(14-19)27-3/h4-15,17H,1-3H3/t17-/m1/s1. The summed E-state index contributed by atoms with van der Waals surface area (Å²) < 4.78 is 47.7. The molecule has 4 nitrogen and oxygen atoms in total. The Labute approximate surface area is 165 Å². The van der Waals surface area contributed by atoms with Gasteiger partial charge in [0, 0.05) is 6.07 Å². The molecule has 0 amide bonds. The average molecular weight is 399 g/mol. The molecule has 0 aliphatic heterocycles. The molecular formula is C22H22FNO3S. The molecule has 0 heterocycles. The minimum Gasteiger partial charge on any atom is -0.497 e. The molecule has 0 unspecified atom stereocenters. The van der Waals surface area contributed by atoms with Crippen molar-refractivity contribution in [2.24, 2.45) is 0 Å². The number of ether oxygens (including phenoxy) is 1. The number of rotatable bonds is 6. The van der Waals surface area contributed by atoms with Gasteiger partial charge in [-0.2, -0.15) is 0 Å². The van der Waals surface area contributed by atoms with Gasteiger partial charge >= 0.3 is 0 Å². The zero-order valence-electron chi connectivity index (χ0n) is 16.0. The van der Waals surface area contributed by atoms with Gasteiger partial charge in [0.05, 0.1) is 23.7 Å². The van der Waals surface area contributed by atoms with Crippen LogP contribution >= 0.6 is 0 Å². The van der Waals surface area contributed by atoms with Gasteiger partial charge in [0.25, 0.3) is 10.0 Å². The summed E-state index contributed by atoms with van der Waals surface area (Å²) in [6.45, 7) is 3.40. The fourth-order valence-corrected chi connectivity index (χ4v) is 4.68. The Hall–Kier alpha value is -2.86. The molecule has 0 saturated heterocycles. The van der Waals surface area contributed by atoms with E-state index < -0.39 is 21.9 Å². The fraction of sp³-hybridized carbons (Fsp3) is 0.182. The summed E-state index contributed by atoms with van der Waals surface area (Å²) in [6, 6.07) is 19.6. The van der Waals surface area contributed by atoms with E-state index in [4.69, 9.17) is 4.74 Å². The Balaban J connectivity index is 2.18. The van der Waals surface area contributed by atoms with Gasteiger partial charge in [-0.1, -0.05) is 42.5 Å². The van der Waals surface area contributed by atoms with Gasteiger partial charge in [-0.3, -0.25) is 4.31 Å². The molecule has 1 atom stereocenters. The van der Waals surface area contributed by atoms with Gasteiger partial charge in [-0.15, -0.1) is 0 Å². The Morgan fingerprint density at radius 3 is 2.32 bits per heavy atom. The third-order valence-corrected chi connectivity index (χ3v) is 6.54. The van der Waals surface area contributed by atoms with Crippen molar-refractivity contribution in [3.05, 3.63) is 89.7 Å². The van der Waals surface area contributed by atoms with E-state index in [9.17, 15) is 12.8 Å². The number of anilines is 1. The Morgan fingerprint density at radius 1 is 0.964 bits per heavy atom. The van der Waals surface area contributed by atoms with E-state index in [2.05, 4.69) is 0 Å². The van der Waals surface area contributed by atoms with Crippen LogP contribution in [0.15, 0.2) is 77.7 Å². The summed E-state index contributed by atoms with van der Waals surface area (Å²) in [4.78, 5) is -0.0961. The first-order chi connectivity index (χ1) is 13.3. The molecule has 3 rings (SSSR count). The minimum absolute atomic E-state index is 0.0961. The van der Waals surface area contributed by atoms with Crippen LogP contribution < -0.4 is 9.04 Å². The van der Waals surface area contributed by atoms with E-state index in [0.29, 0.717) is 17.0 Å². The second-order valence-electron chi connectivity index (χ2n) is 6.50. The van der Waals surface area contributed by atoms with Crippen molar-refractivity contribution in [3.8, 4) is 5.75 Å². The molecule has 146 valence electrons. The van der Waals surface area contributed by atoms with Crippen LogP contribution in [-0.4, -0.2) is 15.5 Å². The lowest BCUT2D eigenvalue weighted by Gasteiger charge is -2.31. The van der Waals surface area contributed by atoms with Crippen LogP contribution in [0, 0.1) is 12.7 Å². The smallest absolute Gasteiger partial charge is 0.264 e. The van der Waals surface area contributed by atoms with Crippen LogP contribution in [0.5, 0.6) is 5.75 Å². The second-order valence-corrected chi connectivity index (χ2v) is 8.31. The van der Waals surface area contributed by atoms with E-state index in [1.54, 1.807) is 38.1 Å². The fourth-order valence-electron chi connectivity index (χ4n) is 3.03. The molecule has 0 spiro atoms. The van der Waals surface area contributed by atoms with Crippen molar-refractivity contribution in [2.45, 2.75) is 24.8 Å². The third-order valence-electron chi connectivity index (χ3n) is 4.64. The molecular weight excluding hydrogens is 377 g/mol. The average Bonchev–Trinajstić information content (AvgIpc) is 2.70. The Bertz CT molecular complexity index is 1070. The summed E-state index contributed by atoms with van der Waals surface area (Å²) in [5, 5.41) is 0. The van der Waals surface area contributed by atoms with E-state index in [0.717, 1.165) is 11.6 Å². The van der Waals surface area contributed by atoms with Gasteiger partial charge < -0.3 is 4.74 Å². The lowest BCUT2D eigenvalue weighted by atomic mass is 10.1. The lowest BCUT2D eigenvalue weighted by Crippen LogP contribution is -2.33. The monoisotopic (exact) mass is 399 g/mol. The Kier molecular flexibility index (Phi) is 5.70. The number of sulfonamides is 1. The van der Waals surface area contributed by atoms with E-state index >= 15 is 0 Å². The summed E-state index contributed by atoms with van der Waals surface area (Å²) in [7, 11) is -2.51. The molecule has 6 heteroatoms. The number of methoxy groups -OCH3 is 1. The highest BCUT2D eigenvalue weighted by atomic mass is 32.2. The zero-order chi connectivity index (χ0) is 20.3. The molecule has 0 aliphatic rings. The quantitative estimate of drug-likeness (QED) is 0.579. The minimum atomic E-state index is -4.03. The van der Waals surface area contributed by atoms with Crippen LogP contribution in [0.4, 0.5) is 10.1 Å². The van der Waals surface area contributed by atoms with Crippen molar-refractivity contribution in [1.82, 2.24) is 0 Å². The highest BCUT2D eigenvalue weighted by Crippen LogP contribution is 2.35. The van der Waals surface area contributed by atoms with Crippen molar-refractivity contribution in [3.63, 3.8) is 0 Å². The van der Waals surface area contributed by atoms with E-state index in [1.165, 1.54) is 23.5 Å². The highest BCUT2D eigenvalue weighted by molar-refractivity contribution is 7.92. The van der Waals surface area contributed by atoms with Crippen LogP contribution in [0.2, 0.25) is 0 Å². The summed E-state index contributed by atoms with van der Waals surface area (Å²) >= 11 is 0. The van der Waals surface area contributed by atoms with Gasteiger partial charge in [0.15, 0.2) is 0 Å². The number of benzene rings is 3. The number of hydrogen-bond acceptors (Lipinski definition) is 3. The summed E-state index contributed by atoms with van der Waals surface area (Å²) in [5.41, 5.74) is 1.65. The molecule has 0 aromatic heterocycles. The molecule has 0 saturated carbocycles. The Morgan fingerprint density at radius 2 is 1.68 bits per heavy atom. The van der Waals surface area contributed by atoms with Crippen LogP contribution in [-0.2, 0) is 10.0 Å². The van der Waals surface area contributed by atoms with E-state index in [-0.39, 0.29) is 4.90 Å². The second kappa shape index (κ2) is 8.02. The predicted molar refractivity (Wildman–Crippen MR) is 109 cm³/mol. The molecule has 28 heavy (non-hydrogen) atoms. The van der Waals surface area contributed by atoms with Gasteiger partial charge in [-0.05, 0) is 49.2 Å². The SMILES string of the molecule is COc1cccc(N([C@H](C)c2ccccc2)S(=O)(=O)c2ccc(C)c(F)c2)c1. The first-order valence-electron chi connectivity index (χ1n) is 8.84. The summed E-state index contributed by atoms with van der Waals surface area (Å²) in [5.74, 6) is -0.0212. The number of nitrogens with zero attached hydrogens (tertiary/aromatic N) is 1. The van der Waals surface area contributed by atoms with E-state index in [1.807, 2.05) is 30.3 Å². The van der Waals surface area contributed by atoms with Gasteiger partial charge in [0.2, 0.25) is 0 Å². The maximum atomic E-state index is 14.1. The highest BCUT2D eigenvalue weighted by Gasteiger charge is 2.31. The molecule has 0 aliphatic carbocycles. The van der Waals surface area contributed by atoms with Gasteiger partial charge in [0.1, 0.15) is 11.6 Å². The lowest BCUT2D eigenvalue weighted by molar-refractivity contribution is 0.415. The maximum absolute atomic E-state index is 14.1. The topological polar surface area (TPSA) is 46.6 Å². The number of halogens is 1. The molecule has 0 fully saturated rings. The largest absolute Gasteiger partial charge is 0.497 e. The molecule has 0 radical (unpaired) electrons. The van der Waals surface area contributed by atoms with Crippen molar-refractivity contribution >= 4 is 15.7 Å². The first kappa shape index (κ1) is 19.9. The van der Waals surface area contributed by atoms with Crippen molar-refractivity contribution in [2.75, 3.05) is 11.4 Å². The predicted octanol–water partition coefficient (Wildman–Crippen LogP) is 5.10. The molecule has 0 bridgehead atoms. The molecule has 3 aromatic rings. The third kappa shape index (κ3) is 3.87. The molecule has 3 aromatic carbocycles. The maximum Gasteiger partial charge on any atom is 0.264 e. The zero-order valence-corrected chi connectivity index (χ0v) is 16.8. The number of aryl methyl sites for hydroxylation is 1. The first-order valence-corrected chi connectivity index (χ1v) is 10.3. The van der Waals surface area contributed by atoms with Gasteiger partial charge in [-0.25, -0.2) is 12.8 Å². The normalized spacial score (nSPS) is 12.4. The van der Waals surface area contributed by atoms with Crippen LogP contribution in [0.3, 0.4) is 0 Å². The van der Waals surface area contributed by atoms with Crippen LogP contribution in [0.1, 0.15) is 24.1 Å². The van der Waals surface area contributed by atoms with Crippen molar-refractivity contribution in [1.29, 1.82) is 0 Å². The van der Waals surface area contributed by atoms with Crippen molar-refractivity contribution < 1.29 is 17.5 Å². The summed E-state index contributed by atoms with van der Waals surface area (Å²) in [6.07, 6.45) is 0. The van der Waals surface area contributed by atoms with Crippen LogP contribution in [0.25, 0.3) is 0 Å². The number of hydrogen-bond donors (Lipinski definition) is 0. The molecule has 0 N–H and O–H groups in total.